The van der Waals surface area contributed by atoms with Gasteiger partial charge in [-0.05, 0) is 87.6 Å². The van der Waals surface area contributed by atoms with Crippen LogP contribution in [0.5, 0.6) is 5.75 Å². The van der Waals surface area contributed by atoms with Crippen molar-refractivity contribution in [2.75, 3.05) is 13.2 Å². The summed E-state index contributed by atoms with van der Waals surface area (Å²) in [5, 5.41) is -0.225. The number of thioether (sulfide) groups is 1. The van der Waals surface area contributed by atoms with E-state index in [4.69, 9.17) is 11.2 Å². The van der Waals surface area contributed by atoms with Gasteiger partial charge in [-0.1, -0.05) is 5.92 Å². The summed E-state index contributed by atoms with van der Waals surface area (Å²) < 4.78 is 7.31. The van der Waals surface area contributed by atoms with Gasteiger partial charge < -0.3 is 4.74 Å². The Hall–Kier alpha value is -0.730. The first kappa shape index (κ1) is 17.6. The lowest BCUT2D eigenvalue weighted by Gasteiger charge is -2.09. The number of amides is 2. The molecule has 0 spiro atoms. The normalized spacial score (nSPS) is 16.3. The van der Waals surface area contributed by atoms with Crippen molar-refractivity contribution in [3.63, 3.8) is 0 Å². The lowest BCUT2D eigenvalue weighted by atomic mass is 10.2. The van der Waals surface area contributed by atoms with E-state index in [0.717, 1.165) is 30.2 Å². The SMILES string of the molecule is C#CCOc1c(I)cc(/C=C2/SC(=O)N(CC)C2=O)cc1I. The molecule has 4 nitrogen and oxygen atoms in total. The highest BCUT2D eigenvalue weighted by molar-refractivity contribution is 14.1. The maximum atomic E-state index is 12.1. The summed E-state index contributed by atoms with van der Waals surface area (Å²) in [5.74, 6) is 2.93. The summed E-state index contributed by atoms with van der Waals surface area (Å²) in [7, 11) is 0. The van der Waals surface area contributed by atoms with E-state index >= 15 is 0 Å². The Kier molecular flexibility index (Phi) is 6.17. The fourth-order valence-corrected chi connectivity index (χ4v) is 4.87. The van der Waals surface area contributed by atoms with E-state index < -0.39 is 0 Å². The van der Waals surface area contributed by atoms with E-state index in [-0.39, 0.29) is 17.8 Å². The first-order valence-corrected chi connectivity index (χ1v) is 9.26. The molecule has 2 amide bonds. The number of hydrogen-bond donors (Lipinski definition) is 0. The van der Waals surface area contributed by atoms with Gasteiger partial charge in [-0.2, -0.15) is 0 Å². The Morgan fingerprint density at radius 1 is 1.36 bits per heavy atom. The van der Waals surface area contributed by atoms with Gasteiger partial charge in [0.2, 0.25) is 0 Å². The number of imide groups is 1. The van der Waals surface area contributed by atoms with Crippen LogP contribution in [-0.4, -0.2) is 29.2 Å². The predicted molar refractivity (Wildman–Crippen MR) is 105 cm³/mol. The van der Waals surface area contributed by atoms with Crippen LogP contribution in [-0.2, 0) is 4.79 Å². The predicted octanol–water partition coefficient (Wildman–Crippen LogP) is 3.96. The maximum Gasteiger partial charge on any atom is 0.293 e. The molecule has 0 aliphatic carbocycles. The van der Waals surface area contributed by atoms with Gasteiger partial charge in [-0.25, -0.2) is 0 Å². The molecule has 0 radical (unpaired) electrons. The molecule has 1 heterocycles. The Morgan fingerprint density at radius 3 is 2.50 bits per heavy atom. The monoisotopic (exact) mass is 539 g/mol. The first-order valence-electron chi connectivity index (χ1n) is 6.28. The van der Waals surface area contributed by atoms with Crippen LogP contribution in [0, 0.1) is 19.5 Å². The second-order valence-electron chi connectivity index (χ2n) is 4.23. The average Bonchev–Trinajstić information content (AvgIpc) is 2.72. The minimum Gasteiger partial charge on any atom is -0.479 e. The number of likely N-dealkylation sites (N-methyl/N-ethyl adjacent to an activating group) is 1. The van der Waals surface area contributed by atoms with Crippen LogP contribution in [0.1, 0.15) is 12.5 Å². The molecular weight excluding hydrogens is 528 g/mol. The van der Waals surface area contributed by atoms with Gasteiger partial charge in [0.05, 0.1) is 12.0 Å². The zero-order valence-corrected chi connectivity index (χ0v) is 16.7. The molecule has 1 aliphatic heterocycles. The minimum atomic E-state index is -0.241. The lowest BCUT2D eigenvalue weighted by Crippen LogP contribution is -2.27. The lowest BCUT2D eigenvalue weighted by molar-refractivity contribution is -0.122. The summed E-state index contributed by atoms with van der Waals surface area (Å²) in [4.78, 5) is 25.5. The highest BCUT2D eigenvalue weighted by Crippen LogP contribution is 2.34. The van der Waals surface area contributed by atoms with E-state index in [1.807, 2.05) is 12.1 Å². The van der Waals surface area contributed by atoms with Crippen LogP contribution >= 0.6 is 56.9 Å². The summed E-state index contributed by atoms with van der Waals surface area (Å²) in [6.07, 6.45) is 6.94. The van der Waals surface area contributed by atoms with Crippen LogP contribution < -0.4 is 4.74 Å². The van der Waals surface area contributed by atoms with E-state index in [1.165, 1.54) is 4.90 Å². The molecule has 0 N–H and O–H groups in total. The number of terminal acetylenes is 1. The largest absolute Gasteiger partial charge is 0.479 e. The fraction of sp³-hybridized carbons (Fsp3) is 0.200. The van der Waals surface area contributed by atoms with Gasteiger partial charge >= 0.3 is 0 Å². The summed E-state index contributed by atoms with van der Waals surface area (Å²) in [6.45, 7) is 2.37. The highest BCUT2D eigenvalue weighted by atomic mass is 127. The molecule has 2 rings (SSSR count). The van der Waals surface area contributed by atoms with Crippen LogP contribution in [0.2, 0.25) is 0 Å². The van der Waals surface area contributed by atoms with E-state index in [2.05, 4.69) is 51.1 Å². The minimum absolute atomic E-state index is 0.209. The van der Waals surface area contributed by atoms with E-state index in [1.54, 1.807) is 13.0 Å². The first-order chi connectivity index (χ1) is 10.5. The molecule has 0 unspecified atom stereocenters. The smallest absolute Gasteiger partial charge is 0.293 e. The molecule has 0 aromatic heterocycles. The third-order valence-corrected chi connectivity index (χ3v) is 5.32. The topological polar surface area (TPSA) is 46.6 Å². The summed E-state index contributed by atoms with van der Waals surface area (Å²) in [6, 6.07) is 3.79. The maximum absolute atomic E-state index is 12.1. The number of halogens is 2. The molecule has 1 aromatic rings. The number of benzene rings is 1. The summed E-state index contributed by atoms with van der Waals surface area (Å²) >= 11 is 5.29. The number of ether oxygens (including phenoxy) is 1. The highest BCUT2D eigenvalue weighted by Gasteiger charge is 2.33. The Labute approximate surface area is 160 Å². The average molecular weight is 539 g/mol. The van der Waals surface area contributed by atoms with Crippen LogP contribution in [0.15, 0.2) is 17.0 Å². The van der Waals surface area contributed by atoms with Gasteiger partial charge in [0, 0.05) is 6.54 Å². The van der Waals surface area contributed by atoms with Gasteiger partial charge in [0.1, 0.15) is 12.4 Å². The van der Waals surface area contributed by atoms with Gasteiger partial charge in [0.25, 0.3) is 11.1 Å². The zero-order valence-electron chi connectivity index (χ0n) is 11.6. The molecule has 22 heavy (non-hydrogen) atoms. The van der Waals surface area contributed by atoms with Crippen molar-refractivity contribution in [1.29, 1.82) is 0 Å². The Balaban J connectivity index is 2.32. The second-order valence-corrected chi connectivity index (χ2v) is 7.55. The number of rotatable bonds is 4. The van der Waals surface area contributed by atoms with Crippen molar-refractivity contribution in [3.05, 3.63) is 29.7 Å². The molecule has 0 atom stereocenters. The molecule has 1 aromatic carbocycles. The van der Waals surface area contributed by atoms with Gasteiger partial charge in [-0.15, -0.1) is 6.42 Å². The molecule has 7 heteroatoms. The molecule has 1 saturated heterocycles. The van der Waals surface area contributed by atoms with E-state index in [0.29, 0.717) is 11.4 Å². The quantitative estimate of drug-likeness (QED) is 0.331. The second kappa shape index (κ2) is 7.70. The van der Waals surface area contributed by atoms with Crippen LogP contribution in [0.25, 0.3) is 6.08 Å². The van der Waals surface area contributed by atoms with E-state index in [9.17, 15) is 9.59 Å². The number of carbonyl (C=O) groups is 2. The fourth-order valence-electron chi connectivity index (χ4n) is 1.84. The van der Waals surface area contributed by atoms with Crippen LogP contribution in [0.4, 0.5) is 4.79 Å². The van der Waals surface area contributed by atoms with Gasteiger partial charge in [-0.3, -0.25) is 14.5 Å². The molecule has 1 fully saturated rings. The van der Waals surface area contributed by atoms with Crippen LogP contribution in [0.3, 0.4) is 0 Å². The van der Waals surface area contributed by atoms with Crippen molar-refractivity contribution in [3.8, 4) is 18.1 Å². The van der Waals surface area contributed by atoms with Gasteiger partial charge in [0.15, 0.2) is 0 Å². The summed E-state index contributed by atoms with van der Waals surface area (Å²) in [5.41, 5.74) is 0.850. The van der Waals surface area contributed by atoms with Crippen molar-refractivity contribution < 1.29 is 14.3 Å². The van der Waals surface area contributed by atoms with Crippen molar-refractivity contribution in [1.82, 2.24) is 4.90 Å². The third kappa shape index (κ3) is 3.78. The molecule has 0 bridgehead atoms. The third-order valence-electron chi connectivity index (χ3n) is 2.81. The van der Waals surface area contributed by atoms with Crippen molar-refractivity contribution in [2.45, 2.75) is 6.92 Å². The molecular formula is C15H11I2NO3S. The van der Waals surface area contributed by atoms with Crippen molar-refractivity contribution >= 4 is 74.2 Å². The molecule has 114 valence electrons. The number of carbonyl (C=O) groups excluding carboxylic acids is 2. The standard InChI is InChI=1S/C15H11I2NO3S/c1-3-5-21-13-10(16)6-9(7-11(13)17)8-12-14(19)18(4-2)15(20)22-12/h1,6-8H,4-5H2,2H3/b12-8+. The zero-order chi connectivity index (χ0) is 16.3. The molecule has 1 aliphatic rings. The number of hydrogen-bond acceptors (Lipinski definition) is 4. The number of nitrogens with zero attached hydrogens (tertiary/aromatic N) is 1. The Bertz CT molecular complexity index is 686. The molecule has 0 saturated carbocycles. The Morgan fingerprint density at radius 2 is 2.00 bits per heavy atom. The van der Waals surface area contributed by atoms with Crippen molar-refractivity contribution in [2.24, 2.45) is 0 Å².